The first kappa shape index (κ1) is 13.3. The highest BCUT2D eigenvalue weighted by molar-refractivity contribution is 5.35. The van der Waals surface area contributed by atoms with E-state index in [4.69, 9.17) is 0 Å². The largest absolute Gasteiger partial charge is 0.370 e. The second kappa shape index (κ2) is 6.19. The van der Waals surface area contributed by atoms with E-state index in [2.05, 4.69) is 48.1 Å². The molecule has 0 aliphatic heterocycles. The summed E-state index contributed by atoms with van der Waals surface area (Å²) in [5.74, 6) is 1.71. The number of hydrogen-bond donors (Lipinski definition) is 1. The van der Waals surface area contributed by atoms with Gasteiger partial charge in [0.1, 0.15) is 5.82 Å². The molecule has 1 saturated carbocycles. The predicted molar refractivity (Wildman–Crippen MR) is 76.7 cm³/mol. The van der Waals surface area contributed by atoms with Gasteiger partial charge in [0.2, 0.25) is 0 Å². The predicted octanol–water partition coefficient (Wildman–Crippen LogP) is 3.13. The van der Waals surface area contributed by atoms with Gasteiger partial charge in [0.05, 0.1) is 0 Å². The first-order valence-electron chi connectivity index (χ1n) is 7.12. The van der Waals surface area contributed by atoms with Crippen LogP contribution in [0.2, 0.25) is 0 Å². The van der Waals surface area contributed by atoms with Crippen LogP contribution in [0.4, 0.5) is 5.82 Å². The Hall–Kier alpha value is -1.09. The van der Waals surface area contributed by atoms with Crippen molar-refractivity contribution >= 4 is 5.82 Å². The summed E-state index contributed by atoms with van der Waals surface area (Å²) >= 11 is 0. The molecule has 18 heavy (non-hydrogen) atoms. The molecule has 1 aromatic heterocycles. The summed E-state index contributed by atoms with van der Waals surface area (Å²) in [4.78, 5) is 7.05. The molecular formula is C15H25N3. The first-order valence-corrected chi connectivity index (χ1v) is 7.12. The lowest BCUT2D eigenvalue weighted by Gasteiger charge is -2.24. The molecule has 1 N–H and O–H groups in total. The number of nitrogens with one attached hydrogen (secondary N) is 1. The van der Waals surface area contributed by atoms with Gasteiger partial charge in [-0.05, 0) is 37.3 Å². The number of nitrogens with zero attached hydrogens (tertiary/aromatic N) is 2. The average Bonchev–Trinajstić information content (AvgIpc) is 3.14. The second-order valence-electron chi connectivity index (χ2n) is 5.64. The summed E-state index contributed by atoms with van der Waals surface area (Å²) in [6.07, 6.45) is 4.75. The minimum absolute atomic E-state index is 0.736. The SMILES string of the molecule is CCNc1ccc(CN(CC(C)C)C2CC2)cn1. The molecule has 0 unspecified atom stereocenters. The van der Waals surface area contributed by atoms with Gasteiger partial charge < -0.3 is 5.32 Å². The van der Waals surface area contributed by atoms with E-state index in [-0.39, 0.29) is 0 Å². The van der Waals surface area contributed by atoms with Gasteiger partial charge in [0.15, 0.2) is 0 Å². The molecule has 0 aromatic carbocycles. The lowest BCUT2D eigenvalue weighted by atomic mass is 10.2. The highest BCUT2D eigenvalue weighted by Crippen LogP contribution is 2.29. The summed E-state index contributed by atoms with van der Waals surface area (Å²) < 4.78 is 0. The van der Waals surface area contributed by atoms with Crippen LogP contribution in [0.3, 0.4) is 0 Å². The van der Waals surface area contributed by atoms with Crippen LogP contribution in [0.1, 0.15) is 39.2 Å². The molecule has 100 valence electrons. The second-order valence-corrected chi connectivity index (χ2v) is 5.64. The van der Waals surface area contributed by atoms with E-state index < -0.39 is 0 Å². The smallest absolute Gasteiger partial charge is 0.125 e. The van der Waals surface area contributed by atoms with Gasteiger partial charge in [0, 0.05) is 31.9 Å². The van der Waals surface area contributed by atoms with Gasteiger partial charge in [-0.15, -0.1) is 0 Å². The normalized spacial score (nSPS) is 15.4. The molecule has 0 saturated heterocycles. The van der Waals surface area contributed by atoms with Crippen LogP contribution in [0, 0.1) is 5.92 Å². The summed E-state index contributed by atoms with van der Waals surface area (Å²) in [6, 6.07) is 5.10. The zero-order chi connectivity index (χ0) is 13.0. The van der Waals surface area contributed by atoms with Crippen molar-refractivity contribution in [2.75, 3.05) is 18.4 Å². The van der Waals surface area contributed by atoms with Gasteiger partial charge >= 0.3 is 0 Å². The molecule has 1 aliphatic rings. The van der Waals surface area contributed by atoms with Crippen molar-refractivity contribution in [3.8, 4) is 0 Å². The fourth-order valence-corrected chi connectivity index (χ4v) is 2.29. The van der Waals surface area contributed by atoms with Crippen molar-refractivity contribution < 1.29 is 0 Å². The van der Waals surface area contributed by atoms with Gasteiger partial charge in [0.25, 0.3) is 0 Å². The standard InChI is InChI=1S/C15H25N3/c1-4-16-15-8-5-13(9-17-15)11-18(10-12(2)3)14-6-7-14/h5,8-9,12,14H,4,6-7,10-11H2,1-3H3,(H,16,17). The molecule has 3 nitrogen and oxygen atoms in total. The molecule has 1 aromatic rings. The lowest BCUT2D eigenvalue weighted by molar-refractivity contribution is 0.226. The topological polar surface area (TPSA) is 28.2 Å². The van der Waals surface area contributed by atoms with Crippen molar-refractivity contribution in [3.63, 3.8) is 0 Å². The monoisotopic (exact) mass is 247 g/mol. The van der Waals surface area contributed by atoms with Gasteiger partial charge in [-0.1, -0.05) is 19.9 Å². The van der Waals surface area contributed by atoms with Crippen molar-refractivity contribution in [2.24, 2.45) is 5.92 Å². The van der Waals surface area contributed by atoms with Gasteiger partial charge in [-0.2, -0.15) is 0 Å². The van der Waals surface area contributed by atoms with E-state index in [1.54, 1.807) is 0 Å². The molecule has 1 aliphatic carbocycles. The molecule has 0 spiro atoms. The molecular weight excluding hydrogens is 222 g/mol. The van der Waals surface area contributed by atoms with E-state index in [9.17, 15) is 0 Å². The van der Waals surface area contributed by atoms with E-state index in [1.807, 2.05) is 6.20 Å². The number of hydrogen-bond acceptors (Lipinski definition) is 3. The molecule has 0 radical (unpaired) electrons. The Bertz CT molecular complexity index is 355. The van der Waals surface area contributed by atoms with Crippen LogP contribution in [0.5, 0.6) is 0 Å². The van der Waals surface area contributed by atoms with E-state index >= 15 is 0 Å². The van der Waals surface area contributed by atoms with Gasteiger partial charge in [-0.25, -0.2) is 4.98 Å². The van der Waals surface area contributed by atoms with Crippen LogP contribution in [-0.2, 0) is 6.54 Å². The number of pyridine rings is 1. The maximum atomic E-state index is 4.44. The summed E-state index contributed by atoms with van der Waals surface area (Å²) in [5, 5.41) is 3.23. The van der Waals surface area contributed by atoms with Crippen molar-refractivity contribution in [3.05, 3.63) is 23.9 Å². The quantitative estimate of drug-likeness (QED) is 0.802. The summed E-state index contributed by atoms with van der Waals surface area (Å²) in [7, 11) is 0. The molecule has 0 bridgehead atoms. The molecule has 0 amide bonds. The zero-order valence-electron chi connectivity index (χ0n) is 11.8. The Morgan fingerprint density at radius 3 is 2.67 bits per heavy atom. The molecule has 1 fully saturated rings. The summed E-state index contributed by atoms with van der Waals surface area (Å²) in [6.45, 7) is 9.84. The Labute approximate surface area is 111 Å². The van der Waals surface area contributed by atoms with E-state index in [0.29, 0.717) is 0 Å². The van der Waals surface area contributed by atoms with Crippen molar-refractivity contribution in [1.82, 2.24) is 9.88 Å². The fourth-order valence-electron chi connectivity index (χ4n) is 2.29. The van der Waals surface area contributed by atoms with Crippen molar-refractivity contribution in [2.45, 2.75) is 46.2 Å². The van der Waals surface area contributed by atoms with Crippen LogP contribution < -0.4 is 5.32 Å². The van der Waals surface area contributed by atoms with Gasteiger partial charge in [-0.3, -0.25) is 4.90 Å². The average molecular weight is 247 g/mol. The highest BCUT2D eigenvalue weighted by atomic mass is 15.2. The maximum Gasteiger partial charge on any atom is 0.125 e. The summed E-state index contributed by atoms with van der Waals surface area (Å²) in [5.41, 5.74) is 1.32. The van der Waals surface area contributed by atoms with Crippen LogP contribution >= 0.6 is 0 Å². The minimum atomic E-state index is 0.736. The highest BCUT2D eigenvalue weighted by Gasteiger charge is 2.29. The fraction of sp³-hybridized carbons (Fsp3) is 0.667. The van der Waals surface area contributed by atoms with Crippen LogP contribution in [0.15, 0.2) is 18.3 Å². The third-order valence-corrected chi connectivity index (χ3v) is 3.23. The third-order valence-electron chi connectivity index (χ3n) is 3.23. The van der Waals surface area contributed by atoms with E-state index in [0.717, 1.165) is 30.9 Å². The Kier molecular flexibility index (Phi) is 4.59. The number of anilines is 1. The Morgan fingerprint density at radius 2 is 2.17 bits per heavy atom. The Morgan fingerprint density at radius 1 is 1.39 bits per heavy atom. The first-order chi connectivity index (χ1) is 8.69. The maximum absolute atomic E-state index is 4.44. The Balaban J connectivity index is 1.93. The lowest BCUT2D eigenvalue weighted by Crippen LogP contribution is -2.29. The van der Waals surface area contributed by atoms with Crippen LogP contribution in [-0.4, -0.2) is 29.0 Å². The van der Waals surface area contributed by atoms with E-state index in [1.165, 1.54) is 24.9 Å². The number of aromatic nitrogens is 1. The van der Waals surface area contributed by atoms with Crippen LogP contribution in [0.25, 0.3) is 0 Å². The van der Waals surface area contributed by atoms with Crippen molar-refractivity contribution in [1.29, 1.82) is 0 Å². The third kappa shape index (κ3) is 3.98. The molecule has 1 heterocycles. The molecule has 0 atom stereocenters. The number of rotatable bonds is 7. The molecule has 3 heteroatoms. The molecule has 2 rings (SSSR count). The zero-order valence-corrected chi connectivity index (χ0v) is 11.8. The minimum Gasteiger partial charge on any atom is -0.370 e.